The predicted molar refractivity (Wildman–Crippen MR) is 134 cm³/mol. The van der Waals surface area contributed by atoms with Crippen molar-refractivity contribution < 1.29 is 13.2 Å². The first-order valence-electron chi connectivity index (χ1n) is 13.7. The summed E-state index contributed by atoms with van der Waals surface area (Å²) in [6, 6.07) is 2.59. The van der Waals surface area contributed by atoms with Crippen LogP contribution in [0.3, 0.4) is 0 Å². The number of hydrazine groups is 1. The molecule has 204 valence electrons. The standard InChI is InChI=1S/C26H38F3N7O/c1-34-15-32-33-24(34)23(16-4-2-5-16)18-10-17(21-7-8-30-14-31-21)11-19(12-18)36-13-22-20(26(27,28)29)6-3-9-35(22)25(36)37/h3,6,9,13,16-19,21,23-24,30-33H,2,4-5,7-8,10-12,14-15H2,1H3/t17?,18?,19?,21?,23-,24?/m1/s1. The maximum atomic E-state index is 13.8. The number of aromatic nitrogens is 2. The molecule has 2 aliphatic carbocycles. The minimum absolute atomic E-state index is 0.0596. The third kappa shape index (κ3) is 4.73. The molecule has 6 atom stereocenters. The Bertz CT molecular complexity index is 1150. The van der Waals surface area contributed by atoms with Crippen LogP contribution < -0.4 is 27.2 Å². The molecule has 11 heteroatoms. The van der Waals surface area contributed by atoms with E-state index < -0.39 is 11.7 Å². The molecule has 2 aromatic rings. The Morgan fingerprint density at radius 1 is 1.11 bits per heavy atom. The zero-order valence-electron chi connectivity index (χ0n) is 21.3. The van der Waals surface area contributed by atoms with E-state index >= 15 is 0 Å². The largest absolute Gasteiger partial charge is 0.418 e. The Morgan fingerprint density at radius 2 is 1.95 bits per heavy atom. The van der Waals surface area contributed by atoms with E-state index in [9.17, 15) is 18.0 Å². The highest BCUT2D eigenvalue weighted by atomic mass is 19.4. The van der Waals surface area contributed by atoms with Gasteiger partial charge in [-0.25, -0.2) is 15.6 Å². The van der Waals surface area contributed by atoms with Gasteiger partial charge in [-0.05, 0) is 75.1 Å². The van der Waals surface area contributed by atoms with Crippen molar-refractivity contribution in [3.8, 4) is 0 Å². The normalized spacial score (nSPS) is 33.0. The van der Waals surface area contributed by atoms with Gasteiger partial charge in [-0.15, -0.1) is 0 Å². The summed E-state index contributed by atoms with van der Waals surface area (Å²) in [5.41, 5.74) is 5.62. The topological polar surface area (TPSA) is 77.8 Å². The predicted octanol–water partition coefficient (Wildman–Crippen LogP) is 2.73. The molecule has 5 unspecified atom stereocenters. The average Bonchev–Trinajstić information content (AvgIpc) is 3.43. The average molecular weight is 522 g/mol. The van der Waals surface area contributed by atoms with Crippen LogP contribution in [0.15, 0.2) is 29.3 Å². The van der Waals surface area contributed by atoms with E-state index in [1.165, 1.54) is 42.1 Å². The first-order valence-corrected chi connectivity index (χ1v) is 13.7. The van der Waals surface area contributed by atoms with Gasteiger partial charge in [-0.2, -0.15) is 13.2 Å². The van der Waals surface area contributed by atoms with Crippen molar-refractivity contribution in [1.82, 2.24) is 35.4 Å². The van der Waals surface area contributed by atoms with Crippen molar-refractivity contribution in [2.24, 2.45) is 23.7 Å². The van der Waals surface area contributed by atoms with Gasteiger partial charge in [0.2, 0.25) is 0 Å². The Kier molecular flexibility index (Phi) is 6.85. The summed E-state index contributed by atoms with van der Waals surface area (Å²) >= 11 is 0. The minimum Gasteiger partial charge on any atom is -0.304 e. The van der Waals surface area contributed by atoms with Crippen molar-refractivity contribution in [2.45, 2.75) is 69.4 Å². The molecule has 8 nitrogen and oxygen atoms in total. The number of imidazole rings is 1. The molecule has 2 saturated carbocycles. The smallest absolute Gasteiger partial charge is 0.304 e. The fourth-order valence-corrected chi connectivity index (χ4v) is 7.53. The second-order valence-corrected chi connectivity index (χ2v) is 11.6. The van der Waals surface area contributed by atoms with Crippen LogP contribution in [0.5, 0.6) is 0 Å². The lowest BCUT2D eigenvalue weighted by Crippen LogP contribution is -2.53. The number of hydrogen-bond donors (Lipinski definition) is 4. The Balaban J connectivity index is 1.38. The highest BCUT2D eigenvalue weighted by molar-refractivity contribution is 5.55. The van der Waals surface area contributed by atoms with Crippen molar-refractivity contribution >= 4 is 5.52 Å². The molecule has 6 rings (SSSR count). The van der Waals surface area contributed by atoms with Gasteiger partial charge in [-0.3, -0.25) is 13.9 Å². The second kappa shape index (κ2) is 10.00. The first-order chi connectivity index (χ1) is 17.8. The molecule has 2 saturated heterocycles. The van der Waals surface area contributed by atoms with Gasteiger partial charge in [-0.1, -0.05) is 19.3 Å². The molecule has 4 fully saturated rings. The quantitative estimate of drug-likeness (QED) is 0.485. The molecule has 0 radical (unpaired) electrons. The van der Waals surface area contributed by atoms with Crippen LogP contribution in [0, 0.1) is 23.7 Å². The molecule has 0 amide bonds. The molecule has 0 bridgehead atoms. The van der Waals surface area contributed by atoms with Gasteiger partial charge in [0.15, 0.2) is 0 Å². The van der Waals surface area contributed by atoms with Crippen molar-refractivity contribution in [2.75, 3.05) is 26.9 Å². The number of nitrogens with one attached hydrogen (secondary N) is 4. The van der Waals surface area contributed by atoms with Crippen molar-refractivity contribution in [3.63, 3.8) is 0 Å². The van der Waals surface area contributed by atoms with E-state index in [0.717, 1.165) is 51.6 Å². The fraction of sp³-hybridized carbons (Fsp3) is 0.731. The zero-order valence-corrected chi connectivity index (χ0v) is 21.3. The molecule has 4 N–H and O–H groups in total. The monoisotopic (exact) mass is 521 g/mol. The van der Waals surface area contributed by atoms with Crippen molar-refractivity contribution in [1.29, 1.82) is 0 Å². The zero-order chi connectivity index (χ0) is 25.7. The van der Waals surface area contributed by atoms with Gasteiger partial charge >= 0.3 is 11.9 Å². The van der Waals surface area contributed by atoms with E-state index in [-0.39, 0.29) is 23.4 Å². The van der Waals surface area contributed by atoms with Gasteiger partial charge < -0.3 is 10.6 Å². The van der Waals surface area contributed by atoms with Crippen LogP contribution in [-0.4, -0.2) is 53.0 Å². The molecule has 0 spiro atoms. The molecule has 0 aromatic carbocycles. The summed E-state index contributed by atoms with van der Waals surface area (Å²) in [5, 5.41) is 7.00. The fourth-order valence-electron chi connectivity index (χ4n) is 7.53. The SMILES string of the molecule is CN1CNNC1[C@H](C1CCC1)C1CC(C2CCNCN2)CC(n2cc3c(C(F)(F)F)cccn3c2=O)C1. The van der Waals surface area contributed by atoms with E-state index in [4.69, 9.17) is 0 Å². The minimum atomic E-state index is -4.51. The molecule has 4 heterocycles. The number of rotatable bonds is 5. The third-order valence-electron chi connectivity index (χ3n) is 9.52. The number of alkyl halides is 3. The Labute approximate surface area is 214 Å². The van der Waals surface area contributed by atoms with Gasteiger partial charge in [0.25, 0.3) is 0 Å². The lowest BCUT2D eigenvalue weighted by Gasteiger charge is -2.49. The van der Waals surface area contributed by atoms with Crippen LogP contribution >= 0.6 is 0 Å². The van der Waals surface area contributed by atoms with E-state index in [1.807, 2.05) is 0 Å². The van der Waals surface area contributed by atoms with Crippen LogP contribution in [0.1, 0.15) is 56.6 Å². The lowest BCUT2D eigenvalue weighted by atomic mass is 9.62. The third-order valence-corrected chi connectivity index (χ3v) is 9.52. The molecule has 2 aromatic heterocycles. The van der Waals surface area contributed by atoms with E-state index in [2.05, 4.69) is 33.4 Å². The Morgan fingerprint density at radius 3 is 2.59 bits per heavy atom. The summed E-state index contributed by atoms with van der Waals surface area (Å²) in [6.07, 6.45) is 6.04. The van der Waals surface area contributed by atoms with Gasteiger partial charge in [0.05, 0.1) is 23.9 Å². The van der Waals surface area contributed by atoms with Crippen LogP contribution in [0.2, 0.25) is 0 Å². The molecular formula is C26H38F3N7O. The second-order valence-electron chi connectivity index (χ2n) is 11.6. The summed E-state index contributed by atoms with van der Waals surface area (Å²) in [5.74, 6) is 1.80. The van der Waals surface area contributed by atoms with Crippen LogP contribution in [0.4, 0.5) is 13.2 Å². The maximum Gasteiger partial charge on any atom is 0.418 e. The van der Waals surface area contributed by atoms with E-state index in [1.54, 1.807) is 4.57 Å². The highest BCUT2D eigenvalue weighted by Crippen LogP contribution is 2.49. The first kappa shape index (κ1) is 25.4. The number of nitrogens with zero attached hydrogens (tertiary/aromatic N) is 3. The number of halogens is 3. The highest BCUT2D eigenvalue weighted by Gasteiger charge is 2.46. The van der Waals surface area contributed by atoms with Gasteiger partial charge in [0.1, 0.15) is 0 Å². The summed E-state index contributed by atoms with van der Waals surface area (Å²) in [4.78, 5) is 15.8. The summed E-state index contributed by atoms with van der Waals surface area (Å²) in [6.45, 7) is 2.51. The molecule has 37 heavy (non-hydrogen) atoms. The number of pyridine rings is 1. The Hall–Kier alpha value is -1.92. The summed E-state index contributed by atoms with van der Waals surface area (Å²) < 4.78 is 44.1. The van der Waals surface area contributed by atoms with Crippen LogP contribution in [-0.2, 0) is 6.18 Å². The van der Waals surface area contributed by atoms with E-state index in [0.29, 0.717) is 29.7 Å². The molecule has 4 aliphatic rings. The number of fused-ring (bicyclic) bond motifs is 1. The maximum absolute atomic E-state index is 13.8. The molecular weight excluding hydrogens is 483 g/mol. The number of hydrogen-bond acceptors (Lipinski definition) is 6. The summed E-state index contributed by atoms with van der Waals surface area (Å²) in [7, 11) is 2.14. The lowest BCUT2D eigenvalue weighted by molar-refractivity contribution is -0.136. The van der Waals surface area contributed by atoms with Crippen molar-refractivity contribution in [3.05, 3.63) is 40.6 Å². The molecule has 2 aliphatic heterocycles. The van der Waals surface area contributed by atoms with Crippen LogP contribution in [0.25, 0.3) is 5.52 Å². The van der Waals surface area contributed by atoms with Gasteiger partial charge in [0, 0.05) is 31.1 Å².